The number of aromatic nitrogens is 3. The molecule has 1 amide bonds. The lowest BCUT2D eigenvalue weighted by atomic mass is 10.1. The van der Waals surface area contributed by atoms with Gasteiger partial charge in [0.25, 0.3) is 5.91 Å². The Kier molecular flexibility index (Phi) is 5.91. The topological polar surface area (TPSA) is 54.3 Å². The smallest absolute Gasteiger partial charge is 0.254 e. The van der Waals surface area contributed by atoms with Gasteiger partial charge in [-0.25, -0.2) is 9.67 Å². The van der Waals surface area contributed by atoms with Gasteiger partial charge in [-0.05, 0) is 56.9 Å². The van der Waals surface area contributed by atoms with Gasteiger partial charge in [-0.15, -0.1) is 0 Å². The number of fused-ring (bicyclic) bond motifs is 1. The summed E-state index contributed by atoms with van der Waals surface area (Å²) < 4.78 is 1.94. The first-order valence-corrected chi connectivity index (χ1v) is 12.0. The second kappa shape index (κ2) is 8.83. The molecule has 5 rings (SSSR count). The van der Waals surface area contributed by atoms with E-state index in [9.17, 15) is 4.79 Å². The Morgan fingerprint density at radius 1 is 1.12 bits per heavy atom. The van der Waals surface area contributed by atoms with E-state index < -0.39 is 0 Å². The van der Waals surface area contributed by atoms with Crippen LogP contribution in [0.4, 0.5) is 0 Å². The number of nitrogens with zero attached hydrogens (tertiary/aromatic N) is 5. The molecule has 0 spiro atoms. The monoisotopic (exact) mass is 451 g/mol. The summed E-state index contributed by atoms with van der Waals surface area (Å²) >= 11 is 6.02. The van der Waals surface area contributed by atoms with Crippen molar-refractivity contribution < 1.29 is 4.79 Å². The molecule has 7 heteroatoms. The van der Waals surface area contributed by atoms with Crippen molar-refractivity contribution in [3.05, 3.63) is 58.4 Å². The molecule has 1 aliphatic heterocycles. The summed E-state index contributed by atoms with van der Waals surface area (Å²) in [5, 5.41) is 6.18. The fourth-order valence-corrected chi connectivity index (χ4v) is 4.66. The molecule has 1 aromatic carbocycles. The number of benzene rings is 1. The molecule has 1 saturated heterocycles. The van der Waals surface area contributed by atoms with Crippen LogP contribution in [0.15, 0.2) is 36.5 Å². The molecule has 1 aliphatic carbocycles. The Morgan fingerprint density at radius 3 is 2.62 bits per heavy atom. The van der Waals surface area contributed by atoms with Crippen LogP contribution in [0.3, 0.4) is 0 Å². The highest BCUT2D eigenvalue weighted by molar-refractivity contribution is 6.30. The van der Waals surface area contributed by atoms with E-state index in [-0.39, 0.29) is 11.9 Å². The van der Waals surface area contributed by atoms with E-state index >= 15 is 0 Å². The molecule has 2 aliphatic rings. The Labute approximate surface area is 194 Å². The van der Waals surface area contributed by atoms with Crippen LogP contribution in [0.1, 0.15) is 66.7 Å². The third kappa shape index (κ3) is 4.39. The fraction of sp³-hybridized carbons (Fsp3) is 0.480. The van der Waals surface area contributed by atoms with Gasteiger partial charge in [-0.1, -0.05) is 23.7 Å². The van der Waals surface area contributed by atoms with E-state index in [1.165, 1.54) is 5.56 Å². The molecule has 3 aromatic rings. The predicted octanol–water partition coefficient (Wildman–Crippen LogP) is 4.89. The lowest BCUT2D eigenvalue weighted by Gasteiger charge is -2.22. The summed E-state index contributed by atoms with van der Waals surface area (Å²) in [5.41, 5.74) is 3.89. The molecule has 32 heavy (non-hydrogen) atoms. The SMILES string of the molecule is CC(C)n1ncc2c(C(=O)N3CCCN(Cc4ccc(Cl)cc4)CC3)cc(C3CC3)nc21. The maximum Gasteiger partial charge on any atom is 0.254 e. The number of carbonyl (C=O) groups excluding carboxylic acids is 1. The summed E-state index contributed by atoms with van der Waals surface area (Å²) in [6.45, 7) is 8.43. The van der Waals surface area contributed by atoms with E-state index in [1.807, 2.05) is 34.0 Å². The molecule has 0 unspecified atom stereocenters. The number of amides is 1. The quantitative estimate of drug-likeness (QED) is 0.554. The lowest BCUT2D eigenvalue weighted by Crippen LogP contribution is -2.35. The first-order chi connectivity index (χ1) is 15.5. The second-order valence-corrected chi connectivity index (χ2v) is 9.77. The predicted molar refractivity (Wildman–Crippen MR) is 127 cm³/mol. The van der Waals surface area contributed by atoms with Gasteiger partial charge < -0.3 is 4.90 Å². The lowest BCUT2D eigenvalue weighted by molar-refractivity contribution is 0.0763. The Morgan fingerprint density at radius 2 is 1.91 bits per heavy atom. The second-order valence-electron chi connectivity index (χ2n) is 9.34. The van der Waals surface area contributed by atoms with Crippen molar-refractivity contribution in [2.45, 2.75) is 51.6 Å². The van der Waals surface area contributed by atoms with Crippen molar-refractivity contribution in [1.82, 2.24) is 24.6 Å². The van der Waals surface area contributed by atoms with Crippen molar-refractivity contribution in [2.75, 3.05) is 26.2 Å². The van der Waals surface area contributed by atoms with Gasteiger partial charge in [0.2, 0.25) is 0 Å². The standard InChI is InChI=1S/C25H30ClN5O/c1-17(2)31-24-22(15-27-31)21(14-23(28-24)19-6-7-19)25(32)30-11-3-10-29(12-13-30)16-18-4-8-20(26)9-5-18/h4-5,8-9,14-15,17,19H,3,6-7,10-13,16H2,1-2H3. The summed E-state index contributed by atoms with van der Waals surface area (Å²) in [7, 11) is 0. The zero-order valence-electron chi connectivity index (χ0n) is 18.8. The van der Waals surface area contributed by atoms with E-state index in [2.05, 4.69) is 36.0 Å². The first-order valence-electron chi connectivity index (χ1n) is 11.6. The van der Waals surface area contributed by atoms with Crippen molar-refractivity contribution in [3.63, 3.8) is 0 Å². The maximum atomic E-state index is 13.7. The van der Waals surface area contributed by atoms with Gasteiger partial charge in [0.1, 0.15) is 0 Å². The molecule has 168 valence electrons. The molecule has 1 saturated carbocycles. The highest BCUT2D eigenvalue weighted by Crippen LogP contribution is 2.40. The maximum absolute atomic E-state index is 13.7. The van der Waals surface area contributed by atoms with Crippen molar-refractivity contribution in [3.8, 4) is 0 Å². The van der Waals surface area contributed by atoms with E-state index in [1.54, 1.807) is 0 Å². The first kappa shape index (κ1) is 21.4. The van der Waals surface area contributed by atoms with E-state index in [0.717, 1.165) is 79.3 Å². The van der Waals surface area contributed by atoms with Crippen LogP contribution >= 0.6 is 11.6 Å². The van der Waals surface area contributed by atoms with Gasteiger partial charge in [-0.3, -0.25) is 9.69 Å². The highest BCUT2D eigenvalue weighted by atomic mass is 35.5. The number of pyridine rings is 1. The molecule has 3 heterocycles. The van der Waals surface area contributed by atoms with Crippen LogP contribution in [-0.2, 0) is 6.54 Å². The summed E-state index contributed by atoms with van der Waals surface area (Å²) in [5.74, 6) is 0.594. The normalized spacial score (nSPS) is 17.8. The number of hydrogen-bond acceptors (Lipinski definition) is 4. The largest absolute Gasteiger partial charge is 0.337 e. The van der Waals surface area contributed by atoms with Crippen LogP contribution in [0, 0.1) is 0 Å². The van der Waals surface area contributed by atoms with Crippen molar-refractivity contribution in [1.29, 1.82) is 0 Å². The van der Waals surface area contributed by atoms with Gasteiger partial charge in [-0.2, -0.15) is 5.10 Å². The van der Waals surface area contributed by atoms with E-state index in [0.29, 0.717) is 5.92 Å². The van der Waals surface area contributed by atoms with Gasteiger partial charge >= 0.3 is 0 Å². The molecule has 6 nitrogen and oxygen atoms in total. The number of carbonyl (C=O) groups is 1. The van der Waals surface area contributed by atoms with Gasteiger partial charge in [0, 0.05) is 55.4 Å². The third-order valence-electron chi connectivity index (χ3n) is 6.50. The molecule has 0 N–H and O–H groups in total. The van der Waals surface area contributed by atoms with Crippen LogP contribution in [-0.4, -0.2) is 56.7 Å². The summed E-state index contributed by atoms with van der Waals surface area (Å²) in [4.78, 5) is 23.0. The molecule has 0 radical (unpaired) electrons. The summed E-state index contributed by atoms with van der Waals surface area (Å²) in [6, 6.07) is 10.3. The Balaban J connectivity index is 1.36. The van der Waals surface area contributed by atoms with Crippen molar-refractivity contribution >= 4 is 28.5 Å². The average Bonchev–Trinajstić information content (AvgIpc) is 3.58. The van der Waals surface area contributed by atoms with Gasteiger partial charge in [0.05, 0.1) is 17.1 Å². The van der Waals surface area contributed by atoms with E-state index in [4.69, 9.17) is 16.6 Å². The van der Waals surface area contributed by atoms with Crippen LogP contribution in [0.2, 0.25) is 5.02 Å². The zero-order valence-corrected chi connectivity index (χ0v) is 19.6. The zero-order chi connectivity index (χ0) is 22.2. The molecular formula is C25H30ClN5O. The average molecular weight is 452 g/mol. The Hall–Kier alpha value is -2.44. The van der Waals surface area contributed by atoms with Crippen LogP contribution in [0.25, 0.3) is 11.0 Å². The minimum absolute atomic E-state index is 0.107. The van der Waals surface area contributed by atoms with Gasteiger partial charge in [0.15, 0.2) is 5.65 Å². The van der Waals surface area contributed by atoms with Crippen molar-refractivity contribution in [2.24, 2.45) is 0 Å². The Bertz CT molecular complexity index is 1120. The summed E-state index contributed by atoms with van der Waals surface area (Å²) in [6.07, 6.45) is 5.10. The molecule has 2 aromatic heterocycles. The molecular weight excluding hydrogens is 422 g/mol. The minimum atomic E-state index is 0.107. The fourth-order valence-electron chi connectivity index (χ4n) is 4.53. The molecule has 2 fully saturated rings. The highest BCUT2D eigenvalue weighted by Gasteiger charge is 2.30. The number of halogens is 1. The third-order valence-corrected chi connectivity index (χ3v) is 6.75. The van der Waals surface area contributed by atoms with Crippen LogP contribution in [0.5, 0.6) is 0 Å². The number of rotatable bonds is 5. The van der Waals surface area contributed by atoms with Crippen LogP contribution < -0.4 is 0 Å². The molecule has 0 bridgehead atoms. The number of hydrogen-bond donors (Lipinski definition) is 0. The minimum Gasteiger partial charge on any atom is -0.337 e. The molecule has 0 atom stereocenters.